The summed E-state index contributed by atoms with van der Waals surface area (Å²) in [5, 5.41) is 2.83. The van der Waals surface area contributed by atoms with Crippen molar-refractivity contribution in [2.45, 2.75) is 38.3 Å². The van der Waals surface area contributed by atoms with Crippen molar-refractivity contribution in [2.75, 3.05) is 12.0 Å². The normalized spacial score (nSPS) is 21.3. The van der Waals surface area contributed by atoms with Gasteiger partial charge in [0.1, 0.15) is 0 Å². The summed E-state index contributed by atoms with van der Waals surface area (Å²) in [6, 6.07) is 1.30. The summed E-state index contributed by atoms with van der Waals surface area (Å²) in [6.45, 7) is 4.51. The number of anilines is 1. The lowest BCUT2D eigenvalue weighted by molar-refractivity contribution is -0.0615. The van der Waals surface area contributed by atoms with Crippen molar-refractivity contribution in [3.8, 4) is 0 Å². The molecule has 0 bridgehead atoms. The molecule has 1 aromatic heterocycles. The van der Waals surface area contributed by atoms with Crippen LogP contribution in [0.5, 0.6) is 0 Å². The SMILES string of the molecule is CC1(C)CC(NC(=O)c2ccnc(NN)c2F)CCO1. The number of aromatic nitrogens is 1. The zero-order valence-corrected chi connectivity index (χ0v) is 11.6. The molecule has 0 aromatic carbocycles. The number of pyridine rings is 1. The third-order valence-corrected chi connectivity index (χ3v) is 3.30. The molecule has 1 aromatic rings. The van der Waals surface area contributed by atoms with Crippen molar-refractivity contribution in [2.24, 2.45) is 5.84 Å². The van der Waals surface area contributed by atoms with E-state index in [2.05, 4.69) is 15.7 Å². The van der Waals surface area contributed by atoms with E-state index in [9.17, 15) is 9.18 Å². The number of nitrogens with zero attached hydrogens (tertiary/aromatic N) is 1. The number of ether oxygens (including phenoxy) is 1. The van der Waals surface area contributed by atoms with Gasteiger partial charge in [-0.05, 0) is 32.8 Å². The number of halogens is 1. The van der Waals surface area contributed by atoms with Crippen molar-refractivity contribution in [3.63, 3.8) is 0 Å². The van der Waals surface area contributed by atoms with Crippen LogP contribution in [0.15, 0.2) is 12.3 Å². The zero-order chi connectivity index (χ0) is 14.8. The average Bonchev–Trinajstić information content (AvgIpc) is 2.37. The van der Waals surface area contributed by atoms with E-state index in [1.54, 1.807) is 0 Å². The van der Waals surface area contributed by atoms with Gasteiger partial charge in [-0.15, -0.1) is 0 Å². The second-order valence-electron chi connectivity index (χ2n) is 5.44. The van der Waals surface area contributed by atoms with Crippen LogP contribution in [-0.2, 0) is 4.74 Å². The van der Waals surface area contributed by atoms with Crippen molar-refractivity contribution < 1.29 is 13.9 Å². The fourth-order valence-electron chi connectivity index (χ4n) is 2.34. The maximum Gasteiger partial charge on any atom is 0.254 e. The Morgan fingerprint density at radius 2 is 2.35 bits per heavy atom. The van der Waals surface area contributed by atoms with E-state index in [1.807, 2.05) is 13.8 Å². The van der Waals surface area contributed by atoms with Crippen LogP contribution < -0.4 is 16.6 Å². The van der Waals surface area contributed by atoms with Gasteiger partial charge in [-0.25, -0.2) is 15.2 Å². The second-order valence-corrected chi connectivity index (χ2v) is 5.44. The van der Waals surface area contributed by atoms with E-state index in [-0.39, 0.29) is 23.0 Å². The third kappa shape index (κ3) is 3.23. The first-order valence-electron chi connectivity index (χ1n) is 6.49. The Labute approximate surface area is 116 Å². The van der Waals surface area contributed by atoms with E-state index >= 15 is 0 Å². The molecule has 0 spiro atoms. The number of hydrogen-bond donors (Lipinski definition) is 3. The lowest BCUT2D eigenvalue weighted by Crippen LogP contribution is -2.46. The summed E-state index contributed by atoms with van der Waals surface area (Å²) >= 11 is 0. The van der Waals surface area contributed by atoms with Crippen LogP contribution in [0.4, 0.5) is 10.2 Å². The Morgan fingerprint density at radius 1 is 1.60 bits per heavy atom. The lowest BCUT2D eigenvalue weighted by atomic mass is 9.94. The Kier molecular flexibility index (Phi) is 4.20. The molecule has 0 saturated carbocycles. The lowest BCUT2D eigenvalue weighted by Gasteiger charge is -2.35. The number of hydrogen-bond acceptors (Lipinski definition) is 5. The maximum atomic E-state index is 13.9. The summed E-state index contributed by atoms with van der Waals surface area (Å²) in [4.78, 5) is 15.8. The smallest absolute Gasteiger partial charge is 0.254 e. The molecule has 1 amide bonds. The highest BCUT2D eigenvalue weighted by Crippen LogP contribution is 2.24. The number of hydrazine groups is 1. The van der Waals surface area contributed by atoms with Crippen LogP contribution in [-0.4, -0.2) is 29.1 Å². The predicted molar refractivity (Wildman–Crippen MR) is 72.5 cm³/mol. The highest BCUT2D eigenvalue weighted by molar-refractivity contribution is 5.95. The molecule has 6 nitrogen and oxygen atoms in total. The van der Waals surface area contributed by atoms with E-state index < -0.39 is 11.7 Å². The molecule has 1 aliphatic heterocycles. The van der Waals surface area contributed by atoms with Gasteiger partial charge in [-0.2, -0.15) is 0 Å². The topological polar surface area (TPSA) is 89.3 Å². The molecule has 1 saturated heterocycles. The minimum atomic E-state index is -0.751. The van der Waals surface area contributed by atoms with E-state index in [1.165, 1.54) is 12.3 Å². The van der Waals surface area contributed by atoms with Crippen LogP contribution in [0.2, 0.25) is 0 Å². The predicted octanol–water partition coefficient (Wildman–Crippen LogP) is 1.19. The van der Waals surface area contributed by atoms with Crippen molar-refractivity contribution in [3.05, 3.63) is 23.6 Å². The monoisotopic (exact) mass is 282 g/mol. The third-order valence-electron chi connectivity index (χ3n) is 3.30. The van der Waals surface area contributed by atoms with Gasteiger partial charge in [0.05, 0.1) is 11.2 Å². The van der Waals surface area contributed by atoms with Gasteiger partial charge < -0.3 is 15.5 Å². The summed E-state index contributed by atoms with van der Waals surface area (Å²) in [7, 11) is 0. The zero-order valence-electron chi connectivity index (χ0n) is 11.6. The highest BCUT2D eigenvalue weighted by atomic mass is 19.1. The molecule has 7 heteroatoms. The number of nitrogens with one attached hydrogen (secondary N) is 2. The summed E-state index contributed by atoms with van der Waals surface area (Å²) in [6.07, 6.45) is 2.73. The number of nitrogen functional groups attached to an aromatic ring is 1. The molecular formula is C13H19FN4O2. The fraction of sp³-hybridized carbons (Fsp3) is 0.538. The first-order chi connectivity index (χ1) is 9.43. The number of amides is 1. The fourth-order valence-corrected chi connectivity index (χ4v) is 2.34. The first-order valence-corrected chi connectivity index (χ1v) is 6.49. The standard InChI is InChI=1S/C13H19FN4O2/c1-13(2)7-8(4-6-20-13)17-12(19)9-3-5-16-11(18-15)10(9)14/h3,5,8H,4,6-7,15H2,1-2H3,(H,16,18)(H,17,19). The van der Waals surface area contributed by atoms with Crippen LogP contribution >= 0.6 is 0 Å². The minimum Gasteiger partial charge on any atom is -0.375 e. The van der Waals surface area contributed by atoms with E-state index in [4.69, 9.17) is 10.6 Å². The van der Waals surface area contributed by atoms with Crippen molar-refractivity contribution >= 4 is 11.7 Å². The maximum absolute atomic E-state index is 13.9. The van der Waals surface area contributed by atoms with Crippen LogP contribution in [0.25, 0.3) is 0 Å². The van der Waals surface area contributed by atoms with Gasteiger partial charge in [0, 0.05) is 18.8 Å². The Morgan fingerprint density at radius 3 is 3.00 bits per heavy atom. The number of carbonyl (C=O) groups is 1. The van der Waals surface area contributed by atoms with Crippen LogP contribution in [0.1, 0.15) is 37.0 Å². The van der Waals surface area contributed by atoms with Gasteiger partial charge in [-0.1, -0.05) is 0 Å². The Hall–Kier alpha value is -1.73. The van der Waals surface area contributed by atoms with E-state index in [0.717, 1.165) is 0 Å². The molecule has 1 aliphatic rings. The largest absolute Gasteiger partial charge is 0.375 e. The molecule has 20 heavy (non-hydrogen) atoms. The number of rotatable bonds is 3. The summed E-state index contributed by atoms with van der Waals surface area (Å²) < 4.78 is 19.5. The molecule has 1 atom stereocenters. The molecule has 4 N–H and O–H groups in total. The Bertz CT molecular complexity index is 507. The second kappa shape index (κ2) is 5.72. The quantitative estimate of drug-likeness (QED) is 0.572. The van der Waals surface area contributed by atoms with Gasteiger partial charge in [0.25, 0.3) is 5.91 Å². The number of carbonyl (C=O) groups excluding carboxylic acids is 1. The molecule has 0 aliphatic carbocycles. The molecule has 2 rings (SSSR count). The minimum absolute atomic E-state index is 0.0342. The van der Waals surface area contributed by atoms with Crippen molar-refractivity contribution in [1.29, 1.82) is 0 Å². The van der Waals surface area contributed by atoms with Crippen LogP contribution in [0, 0.1) is 5.82 Å². The highest BCUT2D eigenvalue weighted by Gasteiger charge is 2.30. The van der Waals surface area contributed by atoms with Crippen molar-refractivity contribution in [1.82, 2.24) is 10.3 Å². The van der Waals surface area contributed by atoms with Gasteiger partial charge in [-0.3, -0.25) is 4.79 Å². The van der Waals surface area contributed by atoms with Gasteiger partial charge in [0.15, 0.2) is 11.6 Å². The molecule has 0 radical (unpaired) electrons. The Balaban J connectivity index is 2.09. The van der Waals surface area contributed by atoms with E-state index in [0.29, 0.717) is 19.4 Å². The average molecular weight is 282 g/mol. The van der Waals surface area contributed by atoms with Crippen LogP contribution in [0.3, 0.4) is 0 Å². The number of nitrogens with two attached hydrogens (primary N) is 1. The molecule has 110 valence electrons. The van der Waals surface area contributed by atoms with Gasteiger partial charge in [0.2, 0.25) is 0 Å². The molecule has 1 unspecified atom stereocenters. The summed E-state index contributed by atoms with van der Waals surface area (Å²) in [5.41, 5.74) is 1.77. The van der Waals surface area contributed by atoms with Gasteiger partial charge >= 0.3 is 0 Å². The molecule has 1 fully saturated rings. The molecular weight excluding hydrogens is 263 g/mol. The molecule has 2 heterocycles. The summed E-state index contributed by atoms with van der Waals surface area (Å²) in [5.74, 6) is 3.77. The first kappa shape index (κ1) is 14.7.